The van der Waals surface area contributed by atoms with Gasteiger partial charge in [-0.25, -0.2) is 0 Å². The first-order valence-corrected chi connectivity index (χ1v) is 5.90. The van der Waals surface area contributed by atoms with Crippen LogP contribution in [0.1, 0.15) is 13.3 Å². The number of hydrogen-bond donors (Lipinski definition) is 1. The second kappa shape index (κ2) is 6.31. The Hall–Kier alpha value is -0.170. The average Bonchev–Trinajstić information content (AvgIpc) is 2.19. The van der Waals surface area contributed by atoms with Gasteiger partial charge in [-0.1, -0.05) is 6.92 Å². The molecule has 1 heterocycles. The molecular weight excluding hydrogens is 182 g/mol. The van der Waals surface area contributed by atoms with Crippen LogP contribution >= 0.6 is 11.8 Å². The van der Waals surface area contributed by atoms with E-state index in [0.717, 1.165) is 31.1 Å². The van der Waals surface area contributed by atoms with E-state index >= 15 is 0 Å². The molecule has 2 atom stereocenters. The third-order valence-corrected chi connectivity index (χ3v) is 3.11. The highest BCUT2D eigenvalue weighted by Gasteiger charge is 2.22. The third kappa shape index (κ3) is 3.60. The molecule has 1 rings (SSSR count). The van der Waals surface area contributed by atoms with E-state index < -0.39 is 0 Å². The molecule has 2 unspecified atom stereocenters. The molecule has 0 aromatic rings. The molecule has 0 radical (unpaired) electrons. The number of nitrogens with one attached hydrogen (secondary N) is 1. The Labute approximate surface area is 84.8 Å². The van der Waals surface area contributed by atoms with Crippen molar-refractivity contribution in [1.82, 2.24) is 5.32 Å². The van der Waals surface area contributed by atoms with E-state index in [9.17, 15) is 0 Å². The van der Waals surface area contributed by atoms with Gasteiger partial charge in [-0.3, -0.25) is 0 Å². The minimum Gasteiger partial charge on any atom is -0.375 e. The molecular formula is C10H17NOS. The number of ether oxygens (including phenoxy) is 1. The molecule has 0 saturated carbocycles. The quantitative estimate of drug-likeness (QED) is 0.686. The Bertz CT molecular complexity index is 172. The molecule has 0 aromatic heterocycles. The van der Waals surface area contributed by atoms with Gasteiger partial charge in [-0.05, 0) is 6.54 Å². The second-order valence-electron chi connectivity index (χ2n) is 3.06. The lowest BCUT2D eigenvalue weighted by molar-refractivity contribution is 0.0488. The van der Waals surface area contributed by atoms with E-state index in [0.29, 0.717) is 12.1 Å². The average molecular weight is 199 g/mol. The van der Waals surface area contributed by atoms with E-state index in [1.807, 2.05) is 11.8 Å². The van der Waals surface area contributed by atoms with Crippen LogP contribution in [0.25, 0.3) is 0 Å². The summed E-state index contributed by atoms with van der Waals surface area (Å²) in [5.41, 5.74) is 0. The monoisotopic (exact) mass is 199 g/mol. The van der Waals surface area contributed by atoms with Crippen LogP contribution in [0.15, 0.2) is 0 Å². The number of likely N-dealkylation sites (N-methyl/N-ethyl adjacent to an activating group) is 1. The Kier molecular flexibility index (Phi) is 5.29. The summed E-state index contributed by atoms with van der Waals surface area (Å²) < 4.78 is 5.67. The van der Waals surface area contributed by atoms with Crippen molar-refractivity contribution in [2.24, 2.45) is 0 Å². The maximum Gasteiger partial charge on any atom is 0.0827 e. The summed E-state index contributed by atoms with van der Waals surface area (Å²) in [6.07, 6.45) is 6.38. The van der Waals surface area contributed by atoms with Crippen molar-refractivity contribution in [2.45, 2.75) is 25.5 Å². The van der Waals surface area contributed by atoms with Gasteiger partial charge < -0.3 is 10.1 Å². The van der Waals surface area contributed by atoms with E-state index in [1.165, 1.54) is 0 Å². The van der Waals surface area contributed by atoms with Crippen molar-refractivity contribution < 1.29 is 4.74 Å². The van der Waals surface area contributed by atoms with Crippen LogP contribution in [-0.2, 0) is 4.74 Å². The number of hydrogen-bond acceptors (Lipinski definition) is 3. The molecule has 0 aliphatic carbocycles. The van der Waals surface area contributed by atoms with Gasteiger partial charge in [0.1, 0.15) is 0 Å². The van der Waals surface area contributed by atoms with Gasteiger partial charge in [-0.2, -0.15) is 11.8 Å². The van der Waals surface area contributed by atoms with Gasteiger partial charge in [0.15, 0.2) is 0 Å². The van der Waals surface area contributed by atoms with Crippen molar-refractivity contribution in [3.05, 3.63) is 0 Å². The standard InChI is InChI=1S/C10H17NOS/c1-3-5-9(11-4-2)10-8-13-7-6-12-10/h1,9-11H,4-8H2,2H3. The second-order valence-corrected chi connectivity index (χ2v) is 4.21. The first-order chi connectivity index (χ1) is 6.38. The van der Waals surface area contributed by atoms with Crippen molar-refractivity contribution in [1.29, 1.82) is 0 Å². The third-order valence-electron chi connectivity index (χ3n) is 2.09. The normalized spacial score (nSPS) is 25.1. The summed E-state index contributed by atoms with van der Waals surface area (Å²) in [4.78, 5) is 0. The van der Waals surface area contributed by atoms with E-state index in [-0.39, 0.29) is 0 Å². The van der Waals surface area contributed by atoms with Crippen LogP contribution in [-0.4, -0.2) is 36.8 Å². The molecule has 2 nitrogen and oxygen atoms in total. The van der Waals surface area contributed by atoms with Gasteiger partial charge in [0.2, 0.25) is 0 Å². The first kappa shape index (κ1) is 10.9. The largest absolute Gasteiger partial charge is 0.375 e. The van der Waals surface area contributed by atoms with Crippen LogP contribution in [0.4, 0.5) is 0 Å². The molecule has 1 saturated heterocycles. The Balaban J connectivity index is 2.37. The Morgan fingerprint density at radius 1 is 1.77 bits per heavy atom. The lowest BCUT2D eigenvalue weighted by Crippen LogP contribution is -2.44. The van der Waals surface area contributed by atoms with E-state index in [1.54, 1.807) is 0 Å². The van der Waals surface area contributed by atoms with E-state index in [4.69, 9.17) is 11.2 Å². The molecule has 0 bridgehead atoms. The molecule has 1 aliphatic rings. The van der Waals surface area contributed by atoms with Gasteiger partial charge in [-0.15, -0.1) is 12.3 Å². The molecule has 1 fully saturated rings. The summed E-state index contributed by atoms with van der Waals surface area (Å²) in [5, 5.41) is 3.37. The molecule has 3 heteroatoms. The molecule has 0 spiro atoms. The van der Waals surface area contributed by atoms with Crippen LogP contribution in [0.3, 0.4) is 0 Å². The van der Waals surface area contributed by atoms with E-state index in [2.05, 4.69) is 18.2 Å². The topological polar surface area (TPSA) is 21.3 Å². The van der Waals surface area contributed by atoms with Crippen molar-refractivity contribution in [3.63, 3.8) is 0 Å². The predicted molar refractivity (Wildman–Crippen MR) is 58.0 cm³/mol. The van der Waals surface area contributed by atoms with Gasteiger partial charge in [0.25, 0.3) is 0 Å². The summed E-state index contributed by atoms with van der Waals surface area (Å²) in [6.45, 7) is 3.91. The van der Waals surface area contributed by atoms with Gasteiger partial charge in [0.05, 0.1) is 12.7 Å². The zero-order valence-electron chi connectivity index (χ0n) is 8.08. The fourth-order valence-electron chi connectivity index (χ4n) is 1.46. The highest BCUT2D eigenvalue weighted by Crippen LogP contribution is 2.16. The first-order valence-electron chi connectivity index (χ1n) is 4.74. The maximum absolute atomic E-state index is 5.67. The van der Waals surface area contributed by atoms with Crippen LogP contribution in [0.2, 0.25) is 0 Å². The summed E-state index contributed by atoms with van der Waals surface area (Å²) in [5.74, 6) is 4.88. The maximum atomic E-state index is 5.67. The summed E-state index contributed by atoms with van der Waals surface area (Å²) >= 11 is 1.95. The van der Waals surface area contributed by atoms with Crippen LogP contribution < -0.4 is 5.32 Å². The fraction of sp³-hybridized carbons (Fsp3) is 0.800. The number of rotatable bonds is 4. The van der Waals surface area contributed by atoms with Crippen molar-refractivity contribution in [3.8, 4) is 12.3 Å². The summed E-state index contributed by atoms with van der Waals surface area (Å²) in [7, 11) is 0. The zero-order valence-corrected chi connectivity index (χ0v) is 8.90. The minimum absolute atomic E-state index is 0.301. The lowest BCUT2D eigenvalue weighted by Gasteiger charge is -2.29. The predicted octanol–water partition coefficient (Wildman–Crippen LogP) is 1.12. The van der Waals surface area contributed by atoms with Crippen LogP contribution in [0, 0.1) is 12.3 Å². The molecule has 0 amide bonds. The Morgan fingerprint density at radius 2 is 2.62 bits per heavy atom. The molecule has 0 aromatic carbocycles. The zero-order chi connectivity index (χ0) is 9.52. The highest BCUT2D eigenvalue weighted by atomic mass is 32.2. The molecule has 13 heavy (non-hydrogen) atoms. The lowest BCUT2D eigenvalue weighted by atomic mass is 10.1. The highest BCUT2D eigenvalue weighted by molar-refractivity contribution is 7.99. The molecule has 1 aliphatic heterocycles. The van der Waals surface area contributed by atoms with Gasteiger partial charge in [0, 0.05) is 24.0 Å². The van der Waals surface area contributed by atoms with Crippen molar-refractivity contribution in [2.75, 3.05) is 24.7 Å². The number of thioether (sulfide) groups is 1. The minimum atomic E-state index is 0.301. The van der Waals surface area contributed by atoms with Gasteiger partial charge >= 0.3 is 0 Å². The molecule has 1 N–H and O–H groups in total. The Morgan fingerprint density at radius 3 is 3.15 bits per heavy atom. The molecule has 74 valence electrons. The number of terminal acetylenes is 1. The van der Waals surface area contributed by atoms with Crippen LogP contribution in [0.5, 0.6) is 0 Å². The SMILES string of the molecule is C#CCC(NCC)C1CSCCO1. The smallest absolute Gasteiger partial charge is 0.0827 e. The summed E-state index contributed by atoms with van der Waals surface area (Å²) in [6, 6.07) is 0.336. The van der Waals surface area contributed by atoms with Crippen molar-refractivity contribution >= 4 is 11.8 Å². The fourth-order valence-corrected chi connectivity index (χ4v) is 2.40.